The lowest BCUT2D eigenvalue weighted by atomic mass is 10.0. The van der Waals surface area contributed by atoms with Gasteiger partial charge in [-0.1, -0.05) is 47.5 Å². The van der Waals surface area contributed by atoms with Crippen molar-refractivity contribution in [2.24, 2.45) is 0 Å². The zero-order valence-electron chi connectivity index (χ0n) is 21.8. The summed E-state index contributed by atoms with van der Waals surface area (Å²) in [6.07, 6.45) is 1.65. The molecule has 196 valence electrons. The van der Waals surface area contributed by atoms with E-state index < -0.39 is 11.8 Å². The molecule has 0 aliphatic carbocycles. The molecule has 39 heavy (non-hydrogen) atoms. The van der Waals surface area contributed by atoms with E-state index in [1.807, 2.05) is 80.8 Å². The van der Waals surface area contributed by atoms with Crippen LogP contribution in [0.4, 0.5) is 11.4 Å². The summed E-state index contributed by atoms with van der Waals surface area (Å²) in [6.45, 7) is 7.87. The summed E-state index contributed by atoms with van der Waals surface area (Å²) in [7, 11) is 0. The molecule has 0 N–H and O–H groups in total. The predicted octanol–water partition coefficient (Wildman–Crippen LogP) is 7.77. The zero-order chi connectivity index (χ0) is 28.0. The molecule has 2 heterocycles. The fraction of sp³-hybridized carbons (Fsp3) is 0.129. The van der Waals surface area contributed by atoms with Gasteiger partial charge in [0.15, 0.2) is 5.11 Å². The van der Waals surface area contributed by atoms with Gasteiger partial charge in [-0.25, -0.2) is 0 Å². The number of thiocarbonyl (C=S) groups is 1. The normalized spacial score (nSPS) is 15.0. The number of rotatable bonds is 4. The summed E-state index contributed by atoms with van der Waals surface area (Å²) >= 11 is 18.2. The Morgan fingerprint density at radius 2 is 1.33 bits per heavy atom. The monoisotopic (exact) mass is 573 g/mol. The van der Waals surface area contributed by atoms with Gasteiger partial charge in [0.05, 0.1) is 21.4 Å². The minimum absolute atomic E-state index is 0.0140. The van der Waals surface area contributed by atoms with Crippen molar-refractivity contribution in [2.45, 2.75) is 27.7 Å². The van der Waals surface area contributed by atoms with E-state index in [1.54, 1.807) is 30.3 Å². The lowest BCUT2D eigenvalue weighted by Crippen LogP contribution is -2.57. The van der Waals surface area contributed by atoms with Crippen molar-refractivity contribution in [3.05, 3.63) is 116 Å². The second-order valence-electron chi connectivity index (χ2n) is 9.49. The maximum Gasteiger partial charge on any atom is 0.270 e. The van der Waals surface area contributed by atoms with Gasteiger partial charge in [-0.3, -0.25) is 19.4 Å². The Balaban J connectivity index is 1.66. The predicted molar refractivity (Wildman–Crippen MR) is 163 cm³/mol. The third-order valence-electron chi connectivity index (χ3n) is 6.94. The molecule has 0 atom stereocenters. The summed E-state index contributed by atoms with van der Waals surface area (Å²) in [5.41, 5.74) is 6.63. The van der Waals surface area contributed by atoms with Crippen molar-refractivity contribution < 1.29 is 9.59 Å². The molecule has 1 aromatic heterocycles. The molecule has 1 aliphatic heterocycles. The standard InChI is InChI=1S/C31H25Cl2N3O2S/c1-18-10-11-24(14-19(18)2)36-30(38)26(29(37)35(31(36)39)23-8-6-5-7-9-23)16-22-15-20(3)34(21(22)4)25-12-13-27(32)28(33)17-25/h5-17H,1-4H3/b26-16-. The molecule has 1 saturated heterocycles. The quantitative estimate of drug-likeness (QED) is 0.142. The van der Waals surface area contributed by atoms with E-state index >= 15 is 0 Å². The highest BCUT2D eigenvalue weighted by molar-refractivity contribution is 7.81. The molecule has 5 nitrogen and oxygen atoms in total. The van der Waals surface area contributed by atoms with Gasteiger partial charge in [0.2, 0.25) is 0 Å². The largest absolute Gasteiger partial charge is 0.318 e. The van der Waals surface area contributed by atoms with Gasteiger partial charge in [-0.15, -0.1) is 0 Å². The van der Waals surface area contributed by atoms with Crippen LogP contribution in [-0.4, -0.2) is 21.5 Å². The van der Waals surface area contributed by atoms with E-state index in [9.17, 15) is 9.59 Å². The molecular weight excluding hydrogens is 549 g/mol. The Hall–Kier alpha value is -3.71. The first-order valence-electron chi connectivity index (χ1n) is 12.3. The van der Waals surface area contributed by atoms with Gasteiger partial charge >= 0.3 is 0 Å². The van der Waals surface area contributed by atoms with Crippen LogP contribution in [0.25, 0.3) is 11.8 Å². The maximum absolute atomic E-state index is 14.0. The number of halogens is 2. The molecular formula is C31H25Cl2N3O2S. The number of hydrogen-bond acceptors (Lipinski definition) is 3. The lowest BCUT2D eigenvalue weighted by molar-refractivity contribution is -0.120. The van der Waals surface area contributed by atoms with Crippen LogP contribution in [0.2, 0.25) is 10.0 Å². The molecule has 0 saturated carbocycles. The first-order chi connectivity index (χ1) is 18.6. The number of carbonyl (C=O) groups is 2. The van der Waals surface area contributed by atoms with Gasteiger partial charge < -0.3 is 4.57 Å². The summed E-state index contributed by atoms with van der Waals surface area (Å²) in [6, 6.07) is 22.2. The molecule has 2 amide bonds. The van der Waals surface area contributed by atoms with Gasteiger partial charge in [0.1, 0.15) is 5.57 Å². The minimum atomic E-state index is -0.476. The van der Waals surface area contributed by atoms with Gasteiger partial charge in [0, 0.05) is 17.1 Å². The molecule has 1 fully saturated rings. The van der Waals surface area contributed by atoms with Gasteiger partial charge in [0.25, 0.3) is 11.8 Å². The molecule has 4 aromatic rings. The Morgan fingerprint density at radius 1 is 0.692 bits per heavy atom. The first-order valence-corrected chi connectivity index (χ1v) is 13.5. The lowest BCUT2D eigenvalue weighted by Gasteiger charge is -2.36. The fourth-order valence-corrected chi connectivity index (χ4v) is 5.41. The second-order valence-corrected chi connectivity index (χ2v) is 10.7. The van der Waals surface area contributed by atoms with Gasteiger partial charge in [-0.05, 0) is 111 Å². The van der Waals surface area contributed by atoms with Crippen LogP contribution in [-0.2, 0) is 9.59 Å². The highest BCUT2D eigenvalue weighted by Crippen LogP contribution is 2.33. The summed E-state index contributed by atoms with van der Waals surface area (Å²) in [5, 5.41) is 1.01. The highest BCUT2D eigenvalue weighted by Gasteiger charge is 2.41. The molecule has 0 spiro atoms. The van der Waals surface area contributed by atoms with Crippen molar-refractivity contribution in [1.82, 2.24) is 4.57 Å². The van der Waals surface area contributed by atoms with Crippen molar-refractivity contribution >= 4 is 69.8 Å². The maximum atomic E-state index is 14.0. The summed E-state index contributed by atoms with van der Waals surface area (Å²) in [4.78, 5) is 30.7. The first kappa shape index (κ1) is 26.9. The van der Waals surface area contributed by atoms with Crippen LogP contribution in [0, 0.1) is 27.7 Å². The van der Waals surface area contributed by atoms with Crippen LogP contribution < -0.4 is 9.80 Å². The fourth-order valence-electron chi connectivity index (χ4n) is 4.74. The van der Waals surface area contributed by atoms with Crippen LogP contribution >= 0.6 is 35.4 Å². The van der Waals surface area contributed by atoms with E-state index in [-0.39, 0.29) is 10.7 Å². The summed E-state index contributed by atoms with van der Waals surface area (Å²) in [5.74, 6) is -0.949. The third kappa shape index (κ3) is 4.80. The van der Waals surface area contributed by atoms with Gasteiger partial charge in [-0.2, -0.15) is 0 Å². The number of benzene rings is 3. The number of aromatic nitrogens is 1. The number of anilines is 2. The van der Waals surface area contributed by atoms with Crippen molar-refractivity contribution in [3.8, 4) is 5.69 Å². The number of hydrogen-bond donors (Lipinski definition) is 0. The number of aryl methyl sites for hydroxylation is 3. The van der Waals surface area contributed by atoms with E-state index in [1.165, 1.54) is 9.80 Å². The summed E-state index contributed by atoms with van der Waals surface area (Å²) < 4.78 is 2.01. The number of carbonyl (C=O) groups excluding carboxylic acids is 2. The smallest absolute Gasteiger partial charge is 0.270 e. The highest BCUT2D eigenvalue weighted by atomic mass is 35.5. The van der Waals surface area contributed by atoms with E-state index in [4.69, 9.17) is 35.4 Å². The molecule has 5 rings (SSSR count). The van der Waals surface area contributed by atoms with Crippen LogP contribution in [0.3, 0.4) is 0 Å². The van der Waals surface area contributed by atoms with E-state index in [0.717, 1.165) is 33.8 Å². The van der Waals surface area contributed by atoms with Crippen LogP contribution in [0.15, 0.2) is 78.4 Å². The van der Waals surface area contributed by atoms with Crippen LogP contribution in [0.1, 0.15) is 28.1 Å². The SMILES string of the molecule is Cc1ccc(N2C(=O)/C(=C\c3cc(C)n(-c4ccc(Cl)c(Cl)c4)c3C)C(=O)N(c3ccccc3)C2=S)cc1C. The molecule has 0 radical (unpaired) electrons. The molecule has 1 aliphatic rings. The molecule has 8 heteroatoms. The molecule has 3 aromatic carbocycles. The Bertz CT molecular complexity index is 1690. The topological polar surface area (TPSA) is 45.6 Å². The Labute approximate surface area is 242 Å². The Morgan fingerprint density at radius 3 is 1.97 bits per heavy atom. The van der Waals surface area contributed by atoms with E-state index in [2.05, 4.69) is 0 Å². The van der Waals surface area contributed by atoms with E-state index in [0.29, 0.717) is 21.4 Å². The molecule has 0 bridgehead atoms. The molecule has 0 unspecified atom stereocenters. The Kier molecular flexibility index (Phi) is 7.21. The number of para-hydroxylation sites is 1. The zero-order valence-corrected chi connectivity index (χ0v) is 24.2. The average molecular weight is 575 g/mol. The minimum Gasteiger partial charge on any atom is -0.318 e. The average Bonchev–Trinajstić information content (AvgIpc) is 3.18. The van der Waals surface area contributed by atoms with Crippen molar-refractivity contribution in [2.75, 3.05) is 9.80 Å². The van der Waals surface area contributed by atoms with Crippen LogP contribution in [0.5, 0.6) is 0 Å². The van der Waals surface area contributed by atoms with Crippen molar-refractivity contribution in [1.29, 1.82) is 0 Å². The third-order valence-corrected chi connectivity index (χ3v) is 8.05. The second kappa shape index (κ2) is 10.5. The number of amides is 2. The van der Waals surface area contributed by atoms with Crippen molar-refractivity contribution in [3.63, 3.8) is 0 Å². The number of nitrogens with zero attached hydrogens (tertiary/aromatic N) is 3.